The van der Waals surface area contributed by atoms with E-state index >= 15 is 0 Å². The fourth-order valence-electron chi connectivity index (χ4n) is 2.26. The van der Waals surface area contributed by atoms with Crippen molar-refractivity contribution in [2.45, 2.75) is 38.3 Å². The van der Waals surface area contributed by atoms with Crippen molar-refractivity contribution >= 4 is 17.7 Å². The van der Waals surface area contributed by atoms with Gasteiger partial charge >= 0.3 is 0 Å². The van der Waals surface area contributed by atoms with Crippen LogP contribution in [0.4, 0.5) is 0 Å². The highest BCUT2D eigenvalue weighted by Crippen LogP contribution is 2.21. The number of thioether (sulfide) groups is 1. The second kappa shape index (κ2) is 7.75. The van der Waals surface area contributed by atoms with E-state index in [-0.39, 0.29) is 6.54 Å². The Balaban J connectivity index is 1.96. The molecule has 21 heavy (non-hydrogen) atoms. The van der Waals surface area contributed by atoms with E-state index in [1.807, 2.05) is 18.7 Å². The quantitative estimate of drug-likeness (QED) is 0.573. The van der Waals surface area contributed by atoms with Crippen molar-refractivity contribution in [1.29, 1.82) is 0 Å². The lowest BCUT2D eigenvalue weighted by atomic mass is 10.0. The smallest absolute Gasteiger partial charge is 0.191 e. The van der Waals surface area contributed by atoms with Crippen molar-refractivity contribution in [2.24, 2.45) is 4.99 Å². The molecule has 0 aliphatic carbocycles. The van der Waals surface area contributed by atoms with Gasteiger partial charge in [0.2, 0.25) is 0 Å². The van der Waals surface area contributed by atoms with Crippen LogP contribution < -0.4 is 10.6 Å². The molecule has 0 saturated carbocycles. The largest absolute Gasteiger partial charge is 0.466 e. The van der Waals surface area contributed by atoms with Crippen molar-refractivity contribution in [3.05, 3.63) is 24.2 Å². The van der Waals surface area contributed by atoms with E-state index in [0.717, 1.165) is 18.3 Å². The second-order valence-electron chi connectivity index (χ2n) is 5.50. The third-order valence-electron chi connectivity index (χ3n) is 3.44. The van der Waals surface area contributed by atoms with Gasteiger partial charge in [-0.05, 0) is 44.6 Å². The molecule has 0 spiro atoms. The van der Waals surface area contributed by atoms with E-state index in [1.54, 1.807) is 25.3 Å². The molecule has 2 rings (SSSR count). The average Bonchev–Trinajstić information content (AvgIpc) is 3.01. The molecule has 1 aromatic heterocycles. The van der Waals surface area contributed by atoms with Gasteiger partial charge in [-0.1, -0.05) is 0 Å². The summed E-state index contributed by atoms with van der Waals surface area (Å²) in [5, 5.41) is 17.1. The Labute approximate surface area is 130 Å². The molecule has 6 heteroatoms. The Morgan fingerprint density at radius 3 is 3.10 bits per heavy atom. The minimum atomic E-state index is -1.09. The first kappa shape index (κ1) is 16.2. The molecule has 3 N–H and O–H groups in total. The van der Waals surface area contributed by atoms with Gasteiger partial charge in [-0.25, -0.2) is 4.99 Å². The number of nitrogens with zero attached hydrogens (tertiary/aromatic N) is 1. The van der Waals surface area contributed by atoms with Crippen molar-refractivity contribution in [3.63, 3.8) is 0 Å². The molecule has 118 valence electrons. The van der Waals surface area contributed by atoms with Crippen molar-refractivity contribution < 1.29 is 9.52 Å². The van der Waals surface area contributed by atoms with Crippen LogP contribution in [0.3, 0.4) is 0 Å². The summed E-state index contributed by atoms with van der Waals surface area (Å²) in [6, 6.07) is 4.00. The number of guanidine groups is 1. The summed E-state index contributed by atoms with van der Waals surface area (Å²) in [4.78, 5) is 4.51. The molecule has 0 bridgehead atoms. The van der Waals surface area contributed by atoms with Crippen LogP contribution in [0.2, 0.25) is 0 Å². The molecular weight excluding hydrogens is 286 g/mol. The Bertz CT molecular complexity index is 440. The van der Waals surface area contributed by atoms with E-state index in [1.165, 1.54) is 18.6 Å². The summed E-state index contributed by atoms with van der Waals surface area (Å²) < 4.78 is 5.28. The lowest BCUT2D eigenvalue weighted by molar-refractivity contribution is 0.0436. The van der Waals surface area contributed by atoms with Crippen LogP contribution in [0.1, 0.15) is 32.4 Å². The minimum absolute atomic E-state index is 0.260. The summed E-state index contributed by atoms with van der Waals surface area (Å²) >= 11 is 1.98. The standard InChI is InChI=1S/C15H25N3O2S/c1-3-16-14(18-12-6-5-9-21-10-12)17-11-15(2,19)13-7-4-8-20-13/h4,7-8,12,19H,3,5-6,9-11H2,1-2H3,(H2,16,17,18). The molecule has 1 saturated heterocycles. The van der Waals surface area contributed by atoms with Crippen LogP contribution in [0.25, 0.3) is 0 Å². The van der Waals surface area contributed by atoms with E-state index in [4.69, 9.17) is 4.42 Å². The van der Waals surface area contributed by atoms with Crippen molar-refractivity contribution in [3.8, 4) is 0 Å². The molecule has 2 unspecified atom stereocenters. The predicted octanol–water partition coefficient (Wildman–Crippen LogP) is 1.94. The van der Waals surface area contributed by atoms with Gasteiger partial charge in [-0.2, -0.15) is 11.8 Å². The maximum absolute atomic E-state index is 10.4. The minimum Gasteiger partial charge on any atom is -0.466 e. The van der Waals surface area contributed by atoms with Gasteiger partial charge in [0, 0.05) is 18.3 Å². The molecule has 1 aromatic rings. The number of nitrogens with one attached hydrogen (secondary N) is 2. The molecule has 2 heterocycles. The average molecular weight is 311 g/mol. The Morgan fingerprint density at radius 2 is 2.48 bits per heavy atom. The zero-order valence-corrected chi connectivity index (χ0v) is 13.6. The summed E-state index contributed by atoms with van der Waals surface area (Å²) in [6.07, 6.45) is 3.98. The summed E-state index contributed by atoms with van der Waals surface area (Å²) in [7, 11) is 0. The van der Waals surface area contributed by atoms with Gasteiger partial charge in [0.1, 0.15) is 11.4 Å². The topological polar surface area (TPSA) is 69.8 Å². The van der Waals surface area contributed by atoms with Crippen LogP contribution in [-0.2, 0) is 5.60 Å². The first-order chi connectivity index (χ1) is 10.1. The summed E-state index contributed by atoms with van der Waals surface area (Å²) in [5.74, 6) is 3.66. The highest BCUT2D eigenvalue weighted by molar-refractivity contribution is 7.99. The number of hydrogen-bond donors (Lipinski definition) is 3. The molecule has 5 nitrogen and oxygen atoms in total. The highest BCUT2D eigenvalue weighted by atomic mass is 32.2. The zero-order chi connectivity index (χ0) is 15.1. The molecule has 2 atom stereocenters. The normalized spacial score (nSPS) is 22.6. The molecule has 0 amide bonds. The maximum atomic E-state index is 10.4. The zero-order valence-electron chi connectivity index (χ0n) is 12.8. The van der Waals surface area contributed by atoms with Crippen LogP contribution in [0.15, 0.2) is 27.8 Å². The number of hydrogen-bond acceptors (Lipinski definition) is 4. The van der Waals surface area contributed by atoms with Gasteiger partial charge in [0.15, 0.2) is 5.96 Å². The monoisotopic (exact) mass is 311 g/mol. The molecule has 1 aliphatic rings. The van der Waals surface area contributed by atoms with Crippen LogP contribution >= 0.6 is 11.8 Å². The first-order valence-corrected chi connectivity index (χ1v) is 8.66. The molecule has 0 aromatic carbocycles. The maximum Gasteiger partial charge on any atom is 0.191 e. The number of aliphatic hydroxyl groups is 1. The molecular formula is C15H25N3O2S. The fraction of sp³-hybridized carbons (Fsp3) is 0.667. The van der Waals surface area contributed by atoms with Gasteiger partial charge in [-0.15, -0.1) is 0 Å². The SMILES string of the molecule is CCNC(=NCC(C)(O)c1ccco1)NC1CCCSC1. The second-order valence-corrected chi connectivity index (χ2v) is 6.65. The van der Waals surface area contributed by atoms with Gasteiger partial charge < -0.3 is 20.2 Å². The first-order valence-electron chi connectivity index (χ1n) is 7.51. The molecule has 0 radical (unpaired) electrons. The van der Waals surface area contributed by atoms with Gasteiger partial charge in [0.25, 0.3) is 0 Å². The summed E-state index contributed by atoms with van der Waals surface area (Å²) in [5.41, 5.74) is -1.09. The van der Waals surface area contributed by atoms with Crippen LogP contribution in [-0.4, -0.2) is 41.7 Å². The predicted molar refractivity (Wildman–Crippen MR) is 87.7 cm³/mol. The third kappa shape index (κ3) is 4.97. The highest BCUT2D eigenvalue weighted by Gasteiger charge is 2.26. The Morgan fingerprint density at radius 1 is 1.62 bits per heavy atom. The van der Waals surface area contributed by atoms with E-state index in [0.29, 0.717) is 11.8 Å². The Kier molecular flexibility index (Phi) is 5.99. The lowest BCUT2D eigenvalue weighted by Gasteiger charge is -2.25. The fourth-order valence-corrected chi connectivity index (χ4v) is 3.34. The van der Waals surface area contributed by atoms with E-state index < -0.39 is 5.60 Å². The van der Waals surface area contributed by atoms with Gasteiger partial charge in [0.05, 0.1) is 12.8 Å². The van der Waals surface area contributed by atoms with Crippen LogP contribution in [0.5, 0.6) is 0 Å². The number of furan rings is 1. The Hall–Kier alpha value is -1.14. The van der Waals surface area contributed by atoms with Crippen molar-refractivity contribution in [1.82, 2.24) is 10.6 Å². The summed E-state index contributed by atoms with van der Waals surface area (Å²) in [6.45, 7) is 4.82. The van der Waals surface area contributed by atoms with Crippen molar-refractivity contribution in [2.75, 3.05) is 24.6 Å². The molecule has 1 fully saturated rings. The number of rotatable bonds is 5. The van der Waals surface area contributed by atoms with E-state index in [9.17, 15) is 5.11 Å². The van der Waals surface area contributed by atoms with E-state index in [2.05, 4.69) is 15.6 Å². The van der Waals surface area contributed by atoms with Gasteiger partial charge in [-0.3, -0.25) is 0 Å². The molecule has 1 aliphatic heterocycles. The number of aliphatic imine (C=N–C) groups is 1. The van der Waals surface area contributed by atoms with Crippen LogP contribution in [0, 0.1) is 0 Å². The lowest BCUT2D eigenvalue weighted by Crippen LogP contribution is -2.46. The third-order valence-corrected chi connectivity index (χ3v) is 4.66.